The molecule has 0 fully saturated rings. The minimum atomic E-state index is -0.936. The predicted molar refractivity (Wildman–Crippen MR) is 74.8 cm³/mol. The van der Waals surface area contributed by atoms with Crippen LogP contribution >= 0.6 is 11.6 Å². The number of hydrogen-bond donors (Lipinski definition) is 0. The number of benzene rings is 1. The van der Waals surface area contributed by atoms with E-state index in [1.807, 2.05) is 6.92 Å². The van der Waals surface area contributed by atoms with Crippen molar-refractivity contribution in [2.24, 2.45) is 0 Å². The fourth-order valence-electron chi connectivity index (χ4n) is 1.56. The number of ether oxygens (including phenoxy) is 3. The highest BCUT2D eigenvalue weighted by atomic mass is 35.5. The maximum atomic E-state index is 12.0. The zero-order chi connectivity index (χ0) is 15.1. The summed E-state index contributed by atoms with van der Waals surface area (Å²) in [5, 5.41) is 0.239. The van der Waals surface area contributed by atoms with Crippen LogP contribution in [0.4, 0.5) is 0 Å². The van der Waals surface area contributed by atoms with Crippen molar-refractivity contribution in [1.82, 2.24) is 0 Å². The first-order valence-electron chi connectivity index (χ1n) is 6.35. The molecule has 6 heteroatoms. The molecule has 110 valence electrons. The van der Waals surface area contributed by atoms with E-state index in [1.165, 1.54) is 12.1 Å². The number of esters is 1. The topological polar surface area (TPSA) is 61.8 Å². The highest BCUT2D eigenvalue weighted by Gasteiger charge is 2.23. The molecule has 0 radical (unpaired) electrons. The van der Waals surface area contributed by atoms with E-state index >= 15 is 0 Å². The van der Waals surface area contributed by atoms with E-state index in [9.17, 15) is 9.59 Å². The Morgan fingerprint density at radius 1 is 1.00 bits per heavy atom. The molecule has 1 aromatic carbocycles. The molecule has 0 unspecified atom stereocenters. The fraction of sp³-hybridized carbons (Fsp3) is 0.429. The zero-order valence-corrected chi connectivity index (χ0v) is 12.5. The molecule has 0 aliphatic rings. The number of halogens is 1. The third kappa shape index (κ3) is 3.87. The monoisotopic (exact) mass is 300 g/mol. The van der Waals surface area contributed by atoms with Gasteiger partial charge in [0.15, 0.2) is 0 Å². The Morgan fingerprint density at radius 2 is 1.60 bits per heavy atom. The predicted octanol–water partition coefficient (Wildman–Crippen LogP) is 2.88. The molecule has 0 aromatic heterocycles. The van der Waals surface area contributed by atoms with Crippen LogP contribution in [0.1, 0.15) is 31.1 Å². The van der Waals surface area contributed by atoms with Crippen molar-refractivity contribution < 1.29 is 23.8 Å². The van der Waals surface area contributed by atoms with Crippen LogP contribution in [-0.2, 0) is 9.53 Å². The number of hydrogen-bond acceptors (Lipinski definition) is 5. The van der Waals surface area contributed by atoms with Crippen LogP contribution in [0, 0.1) is 0 Å². The Morgan fingerprint density at radius 3 is 2.15 bits per heavy atom. The van der Waals surface area contributed by atoms with Crippen LogP contribution in [0.5, 0.6) is 11.5 Å². The summed E-state index contributed by atoms with van der Waals surface area (Å²) in [4.78, 5) is 23.5. The van der Waals surface area contributed by atoms with Gasteiger partial charge in [0.1, 0.15) is 11.5 Å². The molecular formula is C14H17ClO5. The van der Waals surface area contributed by atoms with Gasteiger partial charge in [-0.3, -0.25) is 4.79 Å². The zero-order valence-electron chi connectivity index (χ0n) is 11.7. The van der Waals surface area contributed by atoms with E-state index in [1.54, 1.807) is 13.8 Å². The van der Waals surface area contributed by atoms with Crippen LogP contribution in [0.25, 0.3) is 0 Å². The van der Waals surface area contributed by atoms with Crippen molar-refractivity contribution in [3.63, 3.8) is 0 Å². The number of carbonyl (C=O) groups is 2. The van der Waals surface area contributed by atoms with Gasteiger partial charge in [0, 0.05) is 6.07 Å². The van der Waals surface area contributed by atoms with Gasteiger partial charge in [0.2, 0.25) is 0 Å². The molecule has 20 heavy (non-hydrogen) atoms. The summed E-state index contributed by atoms with van der Waals surface area (Å²) in [7, 11) is 0. The maximum absolute atomic E-state index is 12.0. The van der Waals surface area contributed by atoms with Crippen LogP contribution in [-0.4, -0.2) is 31.6 Å². The summed E-state index contributed by atoms with van der Waals surface area (Å²) >= 11 is 6.02. The Balaban J connectivity index is 3.19. The van der Waals surface area contributed by atoms with Crippen molar-refractivity contribution in [3.05, 3.63) is 22.7 Å². The standard InChI is InChI=1S/C14H17ClO5/c1-4-18-11-8-12(19-5-2)10(15)7-9(11)13(16)14(17)20-6-3/h7-8H,4-6H2,1-3H3. The lowest BCUT2D eigenvalue weighted by Gasteiger charge is -2.13. The van der Waals surface area contributed by atoms with Crippen molar-refractivity contribution in [3.8, 4) is 11.5 Å². The lowest BCUT2D eigenvalue weighted by Crippen LogP contribution is -2.18. The highest BCUT2D eigenvalue weighted by Crippen LogP contribution is 2.33. The Kier molecular flexibility index (Phi) is 6.31. The van der Waals surface area contributed by atoms with E-state index in [4.69, 9.17) is 25.8 Å². The van der Waals surface area contributed by atoms with E-state index in [2.05, 4.69) is 0 Å². The molecular weight excluding hydrogens is 284 g/mol. The normalized spacial score (nSPS) is 10.0. The van der Waals surface area contributed by atoms with E-state index in [0.29, 0.717) is 19.0 Å². The van der Waals surface area contributed by atoms with Gasteiger partial charge in [-0.05, 0) is 26.8 Å². The SMILES string of the molecule is CCOC(=O)C(=O)c1cc(Cl)c(OCC)cc1OCC. The Labute approximate surface area is 122 Å². The average molecular weight is 301 g/mol. The van der Waals surface area contributed by atoms with Gasteiger partial charge >= 0.3 is 5.97 Å². The summed E-state index contributed by atoms with van der Waals surface area (Å²) in [5.41, 5.74) is 0.0683. The second-order valence-electron chi connectivity index (χ2n) is 3.69. The molecule has 0 amide bonds. The van der Waals surface area contributed by atoms with Crippen molar-refractivity contribution in [2.45, 2.75) is 20.8 Å². The molecule has 0 aliphatic heterocycles. The molecule has 5 nitrogen and oxygen atoms in total. The van der Waals surface area contributed by atoms with Gasteiger partial charge < -0.3 is 14.2 Å². The van der Waals surface area contributed by atoms with Crippen LogP contribution in [0.3, 0.4) is 0 Å². The van der Waals surface area contributed by atoms with Gasteiger partial charge in [-0.1, -0.05) is 11.6 Å². The number of rotatable bonds is 7. The maximum Gasteiger partial charge on any atom is 0.379 e. The summed E-state index contributed by atoms with van der Waals surface area (Å²) in [6.45, 7) is 6.10. The van der Waals surface area contributed by atoms with Crippen LogP contribution in [0.15, 0.2) is 12.1 Å². The molecule has 0 saturated heterocycles. The molecule has 0 atom stereocenters. The van der Waals surface area contributed by atoms with Gasteiger partial charge in [0.05, 0.1) is 30.4 Å². The number of Topliss-reactive ketones (excluding diaryl/α,β-unsaturated/α-hetero) is 1. The van der Waals surface area contributed by atoms with Gasteiger partial charge in [0.25, 0.3) is 5.78 Å². The Bertz CT molecular complexity index is 499. The van der Waals surface area contributed by atoms with E-state index in [-0.39, 0.29) is 22.9 Å². The lowest BCUT2D eigenvalue weighted by atomic mass is 10.1. The largest absolute Gasteiger partial charge is 0.493 e. The first-order chi connectivity index (χ1) is 9.54. The second kappa shape index (κ2) is 7.75. The molecule has 1 rings (SSSR count). The van der Waals surface area contributed by atoms with E-state index in [0.717, 1.165) is 0 Å². The number of ketones is 1. The van der Waals surface area contributed by atoms with Crippen molar-refractivity contribution in [2.75, 3.05) is 19.8 Å². The summed E-state index contributed by atoms with van der Waals surface area (Å²) < 4.78 is 15.4. The van der Waals surface area contributed by atoms with Gasteiger partial charge in [-0.25, -0.2) is 4.79 Å². The lowest BCUT2D eigenvalue weighted by molar-refractivity contribution is -0.137. The molecule has 0 heterocycles. The molecule has 0 saturated carbocycles. The number of carbonyl (C=O) groups excluding carboxylic acids is 2. The minimum absolute atomic E-state index is 0.0683. The molecule has 0 bridgehead atoms. The van der Waals surface area contributed by atoms with E-state index < -0.39 is 11.8 Å². The summed E-state index contributed by atoms with van der Waals surface area (Å²) in [6.07, 6.45) is 0. The van der Waals surface area contributed by atoms with Crippen LogP contribution < -0.4 is 9.47 Å². The van der Waals surface area contributed by atoms with Gasteiger partial charge in [-0.15, -0.1) is 0 Å². The fourth-order valence-corrected chi connectivity index (χ4v) is 1.78. The van der Waals surface area contributed by atoms with Crippen molar-refractivity contribution >= 4 is 23.4 Å². The quantitative estimate of drug-likeness (QED) is 0.440. The Hall–Kier alpha value is -1.75. The van der Waals surface area contributed by atoms with Crippen molar-refractivity contribution in [1.29, 1.82) is 0 Å². The molecule has 0 N–H and O–H groups in total. The van der Waals surface area contributed by atoms with Crippen LogP contribution in [0.2, 0.25) is 5.02 Å². The molecule has 0 aliphatic carbocycles. The average Bonchev–Trinajstić information content (AvgIpc) is 2.42. The summed E-state index contributed by atoms with van der Waals surface area (Å²) in [5.74, 6) is -1.08. The highest BCUT2D eigenvalue weighted by molar-refractivity contribution is 6.42. The molecule has 1 aromatic rings. The second-order valence-corrected chi connectivity index (χ2v) is 4.10. The smallest absolute Gasteiger partial charge is 0.379 e. The summed E-state index contributed by atoms with van der Waals surface area (Å²) in [6, 6.07) is 2.86. The third-order valence-electron chi connectivity index (χ3n) is 2.34. The molecule has 0 spiro atoms. The third-order valence-corrected chi connectivity index (χ3v) is 2.63. The minimum Gasteiger partial charge on any atom is -0.493 e. The first kappa shape index (κ1) is 16.3. The first-order valence-corrected chi connectivity index (χ1v) is 6.73. The van der Waals surface area contributed by atoms with Gasteiger partial charge in [-0.2, -0.15) is 0 Å².